The van der Waals surface area contributed by atoms with Gasteiger partial charge in [0.2, 0.25) is 11.8 Å². The number of amides is 2. The van der Waals surface area contributed by atoms with Gasteiger partial charge in [-0.2, -0.15) is 0 Å². The summed E-state index contributed by atoms with van der Waals surface area (Å²) in [5, 5.41) is 5.48. The zero-order valence-corrected chi connectivity index (χ0v) is 23.6. The third kappa shape index (κ3) is 7.82. The van der Waals surface area contributed by atoms with Crippen molar-refractivity contribution in [3.8, 4) is 11.3 Å². The molecule has 0 unspecified atom stereocenters. The molecular formula is C21H19I3N3O4V. The van der Waals surface area contributed by atoms with E-state index in [4.69, 9.17) is 4.42 Å². The van der Waals surface area contributed by atoms with Crippen LogP contribution >= 0.6 is 59.9 Å². The van der Waals surface area contributed by atoms with Crippen LogP contribution in [0.25, 0.3) is 11.3 Å². The van der Waals surface area contributed by atoms with Gasteiger partial charge >= 0.3 is 64.9 Å². The monoisotopic (exact) mass is 809 g/mol. The SMILES string of the molecule is C.O=C1Cc2cc(-c3cnco3)ccc2N1.O=Cc1ccc2c(c1)CC(=O)N2.[I][V]([I])[I]. The Morgan fingerprint density at radius 2 is 1.50 bits per heavy atom. The number of anilines is 2. The topological polar surface area (TPSA) is 101 Å². The van der Waals surface area contributed by atoms with E-state index in [0.717, 1.165) is 40.1 Å². The number of benzene rings is 2. The number of nitrogens with one attached hydrogen (secondary N) is 2. The maximum absolute atomic E-state index is 11.2. The molecule has 0 spiro atoms. The molecule has 0 radical (unpaired) electrons. The summed E-state index contributed by atoms with van der Waals surface area (Å²) < 4.78 is 5.19. The number of rotatable bonds is 2. The van der Waals surface area contributed by atoms with E-state index in [-0.39, 0.29) is 24.2 Å². The van der Waals surface area contributed by atoms with E-state index < -0.39 is 0 Å². The molecular weight excluding hydrogens is 790 g/mol. The Bertz CT molecular complexity index is 1100. The Kier molecular flexibility index (Phi) is 11.1. The second-order valence-electron chi connectivity index (χ2n) is 6.41. The van der Waals surface area contributed by atoms with Gasteiger partial charge in [-0.25, -0.2) is 4.98 Å². The zero-order chi connectivity index (χ0) is 22.4. The van der Waals surface area contributed by atoms with Crippen molar-refractivity contribution >= 4 is 89.4 Å². The van der Waals surface area contributed by atoms with Gasteiger partial charge in [-0.1, -0.05) is 7.43 Å². The van der Waals surface area contributed by atoms with Crippen molar-refractivity contribution in [2.24, 2.45) is 0 Å². The number of oxazole rings is 1. The molecule has 2 N–H and O–H groups in total. The third-order valence-corrected chi connectivity index (χ3v) is 4.34. The molecule has 0 atom stereocenters. The Morgan fingerprint density at radius 3 is 2.03 bits per heavy atom. The number of aldehydes is 1. The molecule has 5 rings (SSSR count). The standard InChI is InChI=1S/C11H8N2O2.C9H7NO2.CH4.3HI.V/c14-11-4-8-3-7(1-2-9(8)13-11)10-5-12-6-15-10;11-5-6-1-2-8-7(3-6)4-9(12)10-8;;;;;/h1-3,5-6H,4H2,(H,13,14);1-3,5H,4H2,(H,10,12);1H4;3*1H;/q;;;;;;+3/p-3. The second kappa shape index (κ2) is 13.1. The number of nitrogens with zero attached hydrogens (tertiary/aromatic N) is 1. The number of carbonyl (C=O) groups excluding carboxylic acids is 3. The zero-order valence-electron chi connectivity index (χ0n) is 15.8. The van der Waals surface area contributed by atoms with Gasteiger partial charge in [0.1, 0.15) is 6.29 Å². The van der Waals surface area contributed by atoms with Gasteiger partial charge in [-0.05, 0) is 47.5 Å². The van der Waals surface area contributed by atoms with Crippen LogP contribution in [0, 0.1) is 0 Å². The fraction of sp³-hybridized carbons (Fsp3) is 0.143. The Hall–Kier alpha value is -0.966. The van der Waals surface area contributed by atoms with Crippen LogP contribution in [0.5, 0.6) is 0 Å². The molecule has 0 saturated carbocycles. The molecule has 3 heterocycles. The first-order valence-corrected chi connectivity index (χ1v) is 22.3. The number of halogens is 3. The van der Waals surface area contributed by atoms with Gasteiger partial charge in [0.15, 0.2) is 12.2 Å². The molecule has 0 aliphatic carbocycles. The van der Waals surface area contributed by atoms with Crippen LogP contribution in [0.1, 0.15) is 28.9 Å². The molecule has 7 nitrogen and oxygen atoms in total. The predicted molar refractivity (Wildman–Crippen MR) is 147 cm³/mol. The first-order valence-electron chi connectivity index (χ1n) is 8.82. The first kappa shape index (κ1) is 27.3. The van der Waals surface area contributed by atoms with E-state index in [1.165, 1.54) is 6.39 Å². The molecule has 0 bridgehead atoms. The molecule has 32 heavy (non-hydrogen) atoms. The van der Waals surface area contributed by atoms with E-state index in [1.807, 2.05) is 18.2 Å². The van der Waals surface area contributed by atoms with Crippen molar-refractivity contribution in [3.05, 3.63) is 65.7 Å². The summed E-state index contributed by atoms with van der Waals surface area (Å²) in [4.78, 5) is 36.0. The van der Waals surface area contributed by atoms with Gasteiger partial charge in [0, 0.05) is 22.5 Å². The Balaban J connectivity index is 0.000000193. The number of hydrogen-bond donors (Lipinski definition) is 2. The van der Waals surface area contributed by atoms with Crippen molar-refractivity contribution in [2.45, 2.75) is 20.3 Å². The van der Waals surface area contributed by atoms with E-state index >= 15 is 0 Å². The van der Waals surface area contributed by atoms with Crippen LogP contribution in [0.2, 0.25) is 0 Å². The van der Waals surface area contributed by atoms with E-state index in [9.17, 15) is 14.4 Å². The molecule has 3 aromatic rings. The Morgan fingerprint density at radius 1 is 0.938 bits per heavy atom. The summed E-state index contributed by atoms with van der Waals surface area (Å²) in [5.41, 5.74) is 5.19. The fourth-order valence-electron chi connectivity index (χ4n) is 3.06. The van der Waals surface area contributed by atoms with Gasteiger partial charge in [-0.3, -0.25) is 14.4 Å². The van der Waals surface area contributed by atoms with Crippen molar-refractivity contribution < 1.29 is 23.7 Å². The van der Waals surface area contributed by atoms with Gasteiger partial charge in [-0.15, -0.1) is 0 Å². The van der Waals surface area contributed by atoms with E-state index in [0.29, 0.717) is 18.4 Å². The molecule has 168 valence electrons. The van der Waals surface area contributed by atoms with Crippen LogP contribution in [-0.2, 0) is 27.4 Å². The summed E-state index contributed by atoms with van der Waals surface area (Å²) in [5.74, 6) is 0.755. The normalized spacial score (nSPS) is 12.8. The average Bonchev–Trinajstić information content (AvgIpc) is 3.44. The number of fused-ring (bicyclic) bond motifs is 2. The van der Waals surface area contributed by atoms with Crippen LogP contribution < -0.4 is 10.6 Å². The Labute approximate surface area is 223 Å². The maximum atomic E-state index is 11.2. The van der Waals surface area contributed by atoms with Crippen LogP contribution in [0.3, 0.4) is 0 Å². The van der Waals surface area contributed by atoms with Crippen LogP contribution in [0.15, 0.2) is 53.4 Å². The van der Waals surface area contributed by atoms with Gasteiger partial charge < -0.3 is 15.1 Å². The minimum atomic E-state index is -0.278. The summed E-state index contributed by atoms with van der Waals surface area (Å²) in [7, 11) is 0. The third-order valence-electron chi connectivity index (χ3n) is 4.34. The van der Waals surface area contributed by atoms with Gasteiger partial charge in [0.25, 0.3) is 0 Å². The molecule has 1 aromatic heterocycles. The quantitative estimate of drug-likeness (QED) is 0.240. The minimum absolute atomic E-state index is 0. The molecule has 2 amide bonds. The van der Waals surface area contributed by atoms with Gasteiger partial charge in [0.05, 0.1) is 19.0 Å². The molecule has 2 aromatic carbocycles. The van der Waals surface area contributed by atoms with Crippen molar-refractivity contribution in [1.29, 1.82) is 0 Å². The summed E-state index contributed by atoms with van der Waals surface area (Å²) >= 11 is 7.39. The molecule has 2 aliphatic heterocycles. The molecule has 0 saturated heterocycles. The van der Waals surface area contributed by atoms with Crippen molar-refractivity contribution in [1.82, 2.24) is 4.98 Å². The summed E-state index contributed by atoms with van der Waals surface area (Å²) in [6.45, 7) is 0. The fourth-order valence-corrected chi connectivity index (χ4v) is 3.06. The average molecular weight is 809 g/mol. The summed E-state index contributed by atoms with van der Waals surface area (Å²) in [6.07, 6.45) is 4.66. The molecule has 0 fully saturated rings. The van der Waals surface area contributed by atoms with Crippen LogP contribution in [0.4, 0.5) is 11.4 Å². The van der Waals surface area contributed by atoms with E-state index in [2.05, 4.69) is 75.6 Å². The predicted octanol–water partition coefficient (Wildman–Crippen LogP) is 6.12. The number of carbonyl (C=O) groups is 3. The summed E-state index contributed by atoms with van der Waals surface area (Å²) in [6, 6.07) is 10.9. The van der Waals surface area contributed by atoms with Crippen molar-refractivity contribution in [2.75, 3.05) is 10.6 Å². The number of hydrogen-bond acceptors (Lipinski definition) is 5. The van der Waals surface area contributed by atoms with Crippen LogP contribution in [-0.4, -0.2) is 23.1 Å². The first-order chi connectivity index (χ1) is 14.9. The van der Waals surface area contributed by atoms with E-state index in [1.54, 1.807) is 24.4 Å². The van der Waals surface area contributed by atoms with Crippen molar-refractivity contribution in [3.63, 3.8) is 0 Å². The number of aromatic nitrogens is 1. The molecule has 2 aliphatic rings. The second-order valence-corrected chi connectivity index (χ2v) is 41.8. The molecule has 11 heteroatoms.